The molecule has 0 bridgehead atoms. The molecule has 0 N–H and O–H groups in total. The maximum Gasteiger partial charge on any atom is 0.354 e. The van der Waals surface area contributed by atoms with Crippen molar-refractivity contribution in [1.82, 2.24) is 0 Å². The van der Waals surface area contributed by atoms with Crippen LogP contribution in [0.1, 0.15) is 53.4 Å². The van der Waals surface area contributed by atoms with E-state index >= 15 is 0 Å². The largest absolute Gasteiger partial charge is 0.497 e. The summed E-state index contributed by atoms with van der Waals surface area (Å²) >= 11 is 0. The van der Waals surface area contributed by atoms with Gasteiger partial charge in [0.1, 0.15) is 5.75 Å². The van der Waals surface area contributed by atoms with E-state index in [2.05, 4.69) is 0 Å². The summed E-state index contributed by atoms with van der Waals surface area (Å²) in [6.07, 6.45) is 2.04. The van der Waals surface area contributed by atoms with E-state index in [0.29, 0.717) is 22.5 Å². The van der Waals surface area contributed by atoms with Crippen molar-refractivity contribution in [1.29, 1.82) is 0 Å². The highest BCUT2D eigenvalue weighted by atomic mass is 16.8. The molecule has 0 radical (unpaired) electrons. The van der Waals surface area contributed by atoms with E-state index in [4.69, 9.17) is 23.7 Å². The molecule has 190 valence electrons. The smallest absolute Gasteiger partial charge is 0.354 e. The van der Waals surface area contributed by atoms with E-state index in [-0.39, 0.29) is 0 Å². The van der Waals surface area contributed by atoms with Crippen molar-refractivity contribution < 1.29 is 38.1 Å². The number of rotatable bonds is 4. The number of benzene rings is 1. The van der Waals surface area contributed by atoms with Crippen LogP contribution in [0.3, 0.4) is 0 Å². The lowest BCUT2D eigenvalue weighted by Crippen LogP contribution is -2.67. The number of Topliss-reactive ketones (excluding diaryl/α,β-unsaturated/α-hetero) is 1. The first-order chi connectivity index (χ1) is 16.2. The van der Waals surface area contributed by atoms with E-state index in [1.54, 1.807) is 30.3 Å². The van der Waals surface area contributed by atoms with Crippen molar-refractivity contribution >= 4 is 17.7 Å². The molecule has 1 aromatic carbocycles. The van der Waals surface area contributed by atoms with Gasteiger partial charge in [0.05, 0.1) is 21.3 Å². The summed E-state index contributed by atoms with van der Waals surface area (Å²) in [5, 5.41) is 0. The Morgan fingerprint density at radius 2 is 1.51 bits per heavy atom. The number of hydrogen-bond acceptors (Lipinski definition) is 8. The molecule has 1 aliphatic heterocycles. The molecule has 3 rings (SSSR count). The molecule has 1 aromatic rings. The third-order valence-electron chi connectivity index (χ3n) is 6.33. The van der Waals surface area contributed by atoms with Crippen molar-refractivity contribution in [3.8, 4) is 5.75 Å². The van der Waals surface area contributed by atoms with E-state index in [9.17, 15) is 14.4 Å². The Kier molecular flexibility index (Phi) is 6.78. The lowest BCUT2D eigenvalue weighted by molar-refractivity contribution is -0.191. The number of hydrogen-bond donors (Lipinski definition) is 0. The predicted octanol–water partition coefficient (Wildman–Crippen LogP) is 4.09. The summed E-state index contributed by atoms with van der Waals surface area (Å²) in [4.78, 5) is 41.1. The zero-order chi connectivity index (χ0) is 26.4. The SMILES string of the molecule is COC(=O)C1(C(=O)OC)O[C@H](c2cccc(OC)c2)O[C@]12C=C(C(C)(C)C)C=C(C(C)(C)C)C2=O. The number of ether oxygens (including phenoxy) is 5. The standard InChI is InChI=1S/C27H34O8/c1-24(2,3)17-14-19(25(4,5)6)20(28)26(15-17)27(22(29)32-8,23(30)33-9)35-21(34-26)16-11-10-12-18(13-16)31-7/h10-15,21H,1-9H3/t21-,26+/m1/s1. The molecular formula is C27H34O8. The first-order valence-electron chi connectivity index (χ1n) is 11.3. The van der Waals surface area contributed by atoms with E-state index < -0.39 is 46.0 Å². The number of carbonyl (C=O) groups excluding carboxylic acids is 3. The second kappa shape index (κ2) is 8.91. The lowest BCUT2D eigenvalue weighted by Gasteiger charge is -2.41. The molecule has 8 nitrogen and oxygen atoms in total. The molecule has 1 aliphatic carbocycles. The van der Waals surface area contributed by atoms with Crippen LogP contribution < -0.4 is 4.74 Å². The van der Waals surface area contributed by atoms with Crippen LogP contribution in [-0.2, 0) is 33.3 Å². The number of carbonyl (C=O) groups is 3. The number of esters is 2. The maximum absolute atomic E-state index is 14.3. The first-order valence-corrected chi connectivity index (χ1v) is 11.3. The van der Waals surface area contributed by atoms with Crippen LogP contribution in [0, 0.1) is 10.8 Å². The molecule has 1 fully saturated rings. The highest BCUT2D eigenvalue weighted by molar-refractivity contribution is 6.18. The van der Waals surface area contributed by atoms with Crippen LogP contribution in [-0.4, -0.2) is 50.3 Å². The molecule has 1 spiro atoms. The van der Waals surface area contributed by atoms with Gasteiger partial charge in [0.15, 0.2) is 12.1 Å². The zero-order valence-electron chi connectivity index (χ0n) is 21.8. The van der Waals surface area contributed by atoms with Crippen LogP contribution in [0.4, 0.5) is 0 Å². The molecule has 8 heteroatoms. The van der Waals surface area contributed by atoms with Gasteiger partial charge in [0, 0.05) is 11.1 Å². The van der Waals surface area contributed by atoms with Crippen LogP contribution in [0.15, 0.2) is 47.6 Å². The summed E-state index contributed by atoms with van der Waals surface area (Å²) in [6.45, 7) is 11.5. The van der Waals surface area contributed by atoms with Crippen molar-refractivity contribution in [2.75, 3.05) is 21.3 Å². The van der Waals surface area contributed by atoms with Crippen LogP contribution in [0.2, 0.25) is 0 Å². The average Bonchev–Trinajstić information content (AvgIpc) is 3.14. The molecule has 1 heterocycles. The fraction of sp³-hybridized carbons (Fsp3) is 0.519. The molecular weight excluding hydrogens is 452 g/mol. The summed E-state index contributed by atoms with van der Waals surface area (Å²) < 4.78 is 27.8. The molecule has 1 saturated heterocycles. The Bertz CT molecular complexity index is 1080. The minimum atomic E-state index is -2.54. The predicted molar refractivity (Wildman–Crippen MR) is 127 cm³/mol. The Morgan fingerprint density at radius 3 is 2.00 bits per heavy atom. The maximum atomic E-state index is 14.3. The number of allylic oxidation sites excluding steroid dienone is 2. The van der Waals surface area contributed by atoms with Crippen LogP contribution in [0.5, 0.6) is 5.75 Å². The fourth-order valence-corrected chi connectivity index (χ4v) is 4.30. The summed E-state index contributed by atoms with van der Waals surface area (Å²) in [6, 6.07) is 6.77. The third-order valence-corrected chi connectivity index (χ3v) is 6.33. The molecule has 0 unspecified atom stereocenters. The van der Waals surface area contributed by atoms with E-state index in [1.807, 2.05) is 41.5 Å². The Morgan fingerprint density at radius 1 is 0.914 bits per heavy atom. The van der Waals surface area contributed by atoms with Gasteiger partial charge in [-0.1, -0.05) is 59.8 Å². The number of ketones is 1. The molecule has 0 saturated carbocycles. The molecule has 35 heavy (non-hydrogen) atoms. The lowest BCUT2D eigenvalue weighted by atomic mass is 9.65. The van der Waals surface area contributed by atoms with Gasteiger partial charge in [0.25, 0.3) is 0 Å². The Labute approximate surface area is 206 Å². The second-order valence-electron chi connectivity index (χ2n) is 10.7. The average molecular weight is 487 g/mol. The minimum absolute atomic E-state index is 0.386. The van der Waals surface area contributed by atoms with Crippen molar-refractivity contribution in [3.05, 3.63) is 53.1 Å². The quantitative estimate of drug-likeness (QED) is 0.464. The third kappa shape index (κ3) is 4.19. The zero-order valence-corrected chi connectivity index (χ0v) is 21.8. The normalized spacial score (nSPS) is 24.0. The summed E-state index contributed by atoms with van der Waals surface area (Å²) in [7, 11) is 3.74. The summed E-state index contributed by atoms with van der Waals surface area (Å²) in [5.74, 6) is -2.25. The second-order valence-corrected chi connectivity index (χ2v) is 10.7. The summed E-state index contributed by atoms with van der Waals surface area (Å²) in [5.41, 5.74) is -4.26. The van der Waals surface area contributed by atoms with Crippen LogP contribution >= 0.6 is 0 Å². The number of methoxy groups -OCH3 is 3. The van der Waals surface area contributed by atoms with Gasteiger partial charge < -0.3 is 23.7 Å². The Hall–Kier alpha value is -2.97. The highest BCUT2D eigenvalue weighted by Gasteiger charge is 2.76. The van der Waals surface area contributed by atoms with Crippen molar-refractivity contribution in [2.45, 2.75) is 59.0 Å². The van der Waals surface area contributed by atoms with Crippen molar-refractivity contribution in [3.63, 3.8) is 0 Å². The van der Waals surface area contributed by atoms with Crippen molar-refractivity contribution in [2.24, 2.45) is 10.8 Å². The van der Waals surface area contributed by atoms with Gasteiger partial charge in [-0.3, -0.25) is 4.79 Å². The molecule has 0 amide bonds. The van der Waals surface area contributed by atoms with E-state index in [0.717, 1.165) is 14.2 Å². The molecule has 0 aromatic heterocycles. The van der Waals surface area contributed by atoms with Crippen LogP contribution in [0.25, 0.3) is 0 Å². The van der Waals surface area contributed by atoms with Gasteiger partial charge in [-0.05, 0) is 34.6 Å². The van der Waals surface area contributed by atoms with Gasteiger partial charge >= 0.3 is 17.5 Å². The monoisotopic (exact) mass is 486 g/mol. The van der Waals surface area contributed by atoms with Gasteiger partial charge in [0.2, 0.25) is 5.60 Å². The fourth-order valence-electron chi connectivity index (χ4n) is 4.30. The topological polar surface area (TPSA) is 97.4 Å². The van der Waals surface area contributed by atoms with Gasteiger partial charge in [-0.25, -0.2) is 9.59 Å². The minimum Gasteiger partial charge on any atom is -0.497 e. The van der Waals surface area contributed by atoms with E-state index in [1.165, 1.54) is 13.2 Å². The highest BCUT2D eigenvalue weighted by Crippen LogP contribution is 2.54. The van der Waals surface area contributed by atoms with Gasteiger partial charge in [-0.2, -0.15) is 0 Å². The van der Waals surface area contributed by atoms with Gasteiger partial charge in [-0.15, -0.1) is 0 Å². The molecule has 2 aliphatic rings. The Balaban J connectivity index is 2.39. The first kappa shape index (κ1) is 26.6. The molecule has 2 atom stereocenters.